The number of hydrogen-bond acceptors (Lipinski definition) is 3. The van der Waals surface area contributed by atoms with E-state index in [9.17, 15) is 14.0 Å². The van der Waals surface area contributed by atoms with E-state index < -0.39 is 5.60 Å². The van der Waals surface area contributed by atoms with Crippen molar-refractivity contribution in [1.29, 1.82) is 0 Å². The van der Waals surface area contributed by atoms with Gasteiger partial charge in [0.15, 0.2) is 0 Å². The largest absolute Gasteiger partial charge is 0.361 e. The standard InChI is InChI=1S/C19H23FN2O3/c1-18(8-9-18)17(24)21-10-2-7-19(12-21)13-22(16(23)11-25-19)15-5-3-14(20)4-6-15/h3-6H,2,7-13H2,1H3. The zero-order valence-electron chi connectivity index (χ0n) is 14.5. The Morgan fingerprint density at radius 1 is 1.16 bits per heavy atom. The molecule has 0 aromatic heterocycles. The number of anilines is 1. The van der Waals surface area contributed by atoms with E-state index in [-0.39, 0.29) is 29.7 Å². The average molecular weight is 346 g/mol. The number of amides is 2. The maximum atomic E-state index is 13.2. The van der Waals surface area contributed by atoms with Crippen molar-refractivity contribution < 1.29 is 18.7 Å². The number of halogens is 1. The molecule has 0 radical (unpaired) electrons. The molecule has 2 aliphatic heterocycles. The van der Waals surface area contributed by atoms with Gasteiger partial charge >= 0.3 is 0 Å². The predicted molar refractivity (Wildman–Crippen MR) is 90.6 cm³/mol. The second-order valence-electron chi connectivity index (χ2n) is 7.82. The number of nitrogens with zero attached hydrogens (tertiary/aromatic N) is 2. The fourth-order valence-electron chi connectivity index (χ4n) is 3.87. The number of hydrogen-bond donors (Lipinski definition) is 0. The Kier molecular flexibility index (Phi) is 3.83. The van der Waals surface area contributed by atoms with E-state index in [4.69, 9.17) is 4.74 Å². The number of piperidine rings is 1. The molecule has 1 saturated carbocycles. The van der Waals surface area contributed by atoms with Crippen molar-refractivity contribution in [2.75, 3.05) is 31.1 Å². The Morgan fingerprint density at radius 2 is 1.88 bits per heavy atom. The van der Waals surface area contributed by atoms with E-state index in [2.05, 4.69) is 0 Å². The molecule has 3 aliphatic rings. The molecule has 0 bridgehead atoms. The summed E-state index contributed by atoms with van der Waals surface area (Å²) in [6.45, 7) is 3.69. The lowest BCUT2D eigenvalue weighted by Crippen LogP contribution is -2.62. The van der Waals surface area contributed by atoms with Crippen molar-refractivity contribution >= 4 is 17.5 Å². The normalized spacial score (nSPS) is 28.3. The number of carbonyl (C=O) groups is 2. The lowest BCUT2D eigenvalue weighted by Gasteiger charge is -2.48. The number of carbonyl (C=O) groups excluding carboxylic acids is 2. The molecule has 0 N–H and O–H groups in total. The van der Waals surface area contributed by atoms with E-state index in [1.807, 2.05) is 11.8 Å². The topological polar surface area (TPSA) is 49.9 Å². The van der Waals surface area contributed by atoms with Gasteiger partial charge in [0.1, 0.15) is 18.0 Å². The molecule has 1 aromatic carbocycles. The van der Waals surface area contributed by atoms with Gasteiger partial charge in [0, 0.05) is 17.6 Å². The van der Waals surface area contributed by atoms with Gasteiger partial charge in [-0.2, -0.15) is 0 Å². The highest BCUT2D eigenvalue weighted by molar-refractivity contribution is 5.95. The zero-order valence-corrected chi connectivity index (χ0v) is 14.5. The monoisotopic (exact) mass is 346 g/mol. The summed E-state index contributed by atoms with van der Waals surface area (Å²) in [4.78, 5) is 28.6. The molecular formula is C19H23FN2O3. The van der Waals surface area contributed by atoms with Crippen LogP contribution in [0.3, 0.4) is 0 Å². The van der Waals surface area contributed by atoms with Crippen LogP contribution in [-0.4, -0.2) is 48.6 Å². The van der Waals surface area contributed by atoms with Gasteiger partial charge in [0.25, 0.3) is 5.91 Å². The van der Waals surface area contributed by atoms with Crippen molar-refractivity contribution in [3.8, 4) is 0 Å². The summed E-state index contributed by atoms with van der Waals surface area (Å²) >= 11 is 0. The minimum absolute atomic E-state index is 0.00330. The highest BCUT2D eigenvalue weighted by Gasteiger charge is 2.51. The molecule has 4 rings (SSSR count). The minimum Gasteiger partial charge on any atom is -0.361 e. The summed E-state index contributed by atoms with van der Waals surface area (Å²) < 4.78 is 19.1. The van der Waals surface area contributed by atoms with Gasteiger partial charge in [-0.1, -0.05) is 6.92 Å². The third-order valence-electron chi connectivity index (χ3n) is 5.73. The first kappa shape index (κ1) is 16.5. The predicted octanol–water partition coefficient (Wildman–Crippen LogP) is 2.35. The lowest BCUT2D eigenvalue weighted by molar-refractivity contribution is -0.156. The van der Waals surface area contributed by atoms with Crippen molar-refractivity contribution in [2.24, 2.45) is 5.41 Å². The van der Waals surface area contributed by atoms with E-state index in [1.54, 1.807) is 17.0 Å². The zero-order chi connectivity index (χ0) is 17.7. The van der Waals surface area contributed by atoms with Crippen LogP contribution in [0.4, 0.5) is 10.1 Å². The number of morpholine rings is 1. The average Bonchev–Trinajstić information content (AvgIpc) is 3.36. The van der Waals surface area contributed by atoms with Gasteiger partial charge < -0.3 is 14.5 Å². The second-order valence-corrected chi connectivity index (χ2v) is 7.82. The molecule has 2 saturated heterocycles. The summed E-state index contributed by atoms with van der Waals surface area (Å²) in [7, 11) is 0. The maximum absolute atomic E-state index is 13.2. The van der Waals surface area contributed by atoms with Crippen molar-refractivity contribution in [2.45, 2.75) is 38.2 Å². The molecule has 1 aliphatic carbocycles. The SMILES string of the molecule is CC1(C(=O)N2CCCC3(C2)CN(c2ccc(F)cc2)C(=O)CO3)CC1. The molecule has 5 nitrogen and oxygen atoms in total. The highest BCUT2D eigenvalue weighted by atomic mass is 19.1. The highest BCUT2D eigenvalue weighted by Crippen LogP contribution is 2.47. The summed E-state index contributed by atoms with van der Waals surface area (Å²) in [6, 6.07) is 5.94. The van der Waals surface area contributed by atoms with E-state index in [1.165, 1.54) is 12.1 Å². The molecule has 6 heteroatoms. The molecule has 3 fully saturated rings. The van der Waals surface area contributed by atoms with Crippen LogP contribution in [0.25, 0.3) is 0 Å². The quantitative estimate of drug-likeness (QED) is 0.826. The maximum Gasteiger partial charge on any atom is 0.253 e. The Labute approximate surface area is 146 Å². The number of benzene rings is 1. The summed E-state index contributed by atoms with van der Waals surface area (Å²) in [6.07, 6.45) is 3.60. The van der Waals surface area contributed by atoms with Crippen molar-refractivity contribution in [3.05, 3.63) is 30.1 Å². The third-order valence-corrected chi connectivity index (χ3v) is 5.73. The van der Waals surface area contributed by atoms with E-state index in [0.717, 1.165) is 32.2 Å². The van der Waals surface area contributed by atoms with Gasteiger partial charge in [-0.05, 0) is 49.9 Å². The van der Waals surface area contributed by atoms with E-state index in [0.29, 0.717) is 18.8 Å². The van der Waals surface area contributed by atoms with Crippen molar-refractivity contribution in [1.82, 2.24) is 4.90 Å². The Balaban J connectivity index is 1.53. The first-order valence-electron chi connectivity index (χ1n) is 8.90. The lowest BCUT2D eigenvalue weighted by atomic mass is 9.89. The summed E-state index contributed by atoms with van der Waals surface area (Å²) in [5.74, 6) is -0.249. The van der Waals surface area contributed by atoms with Crippen LogP contribution >= 0.6 is 0 Å². The van der Waals surface area contributed by atoms with Crippen LogP contribution < -0.4 is 4.90 Å². The van der Waals surface area contributed by atoms with Crippen molar-refractivity contribution in [3.63, 3.8) is 0 Å². The Morgan fingerprint density at radius 3 is 2.56 bits per heavy atom. The Bertz CT molecular complexity index is 701. The fourth-order valence-corrected chi connectivity index (χ4v) is 3.87. The number of rotatable bonds is 2. The molecule has 134 valence electrons. The molecule has 1 unspecified atom stereocenters. The van der Waals surface area contributed by atoms with Crippen LogP contribution in [0, 0.1) is 11.2 Å². The number of ether oxygens (including phenoxy) is 1. The molecule has 1 spiro atoms. The van der Waals surface area contributed by atoms with Crippen LogP contribution in [-0.2, 0) is 14.3 Å². The molecule has 2 heterocycles. The Hall–Kier alpha value is -1.95. The summed E-state index contributed by atoms with van der Waals surface area (Å²) in [5, 5.41) is 0. The van der Waals surface area contributed by atoms with Gasteiger partial charge in [-0.15, -0.1) is 0 Å². The van der Waals surface area contributed by atoms with Gasteiger partial charge in [0.05, 0.1) is 13.1 Å². The van der Waals surface area contributed by atoms with Crippen LogP contribution in [0.15, 0.2) is 24.3 Å². The van der Waals surface area contributed by atoms with Gasteiger partial charge in [-0.25, -0.2) is 4.39 Å². The molecule has 25 heavy (non-hydrogen) atoms. The summed E-state index contributed by atoms with van der Waals surface area (Å²) in [5.41, 5.74) is -0.0483. The van der Waals surface area contributed by atoms with Gasteiger partial charge in [-0.3, -0.25) is 9.59 Å². The smallest absolute Gasteiger partial charge is 0.253 e. The van der Waals surface area contributed by atoms with Crippen LogP contribution in [0.2, 0.25) is 0 Å². The molecular weight excluding hydrogens is 323 g/mol. The first-order valence-corrected chi connectivity index (χ1v) is 8.90. The third kappa shape index (κ3) is 3.03. The molecule has 1 aromatic rings. The minimum atomic E-state index is -0.526. The van der Waals surface area contributed by atoms with Crippen LogP contribution in [0.5, 0.6) is 0 Å². The first-order chi connectivity index (χ1) is 11.9. The second kappa shape index (κ2) is 5.80. The fraction of sp³-hybridized carbons (Fsp3) is 0.579. The molecule has 1 atom stereocenters. The van der Waals surface area contributed by atoms with Gasteiger partial charge in [0.2, 0.25) is 5.91 Å². The van der Waals surface area contributed by atoms with Crippen LogP contribution in [0.1, 0.15) is 32.6 Å². The number of likely N-dealkylation sites (tertiary alicyclic amines) is 1. The molecule has 2 amide bonds. The van der Waals surface area contributed by atoms with E-state index >= 15 is 0 Å².